The van der Waals surface area contributed by atoms with Gasteiger partial charge in [-0.2, -0.15) is 0 Å². The van der Waals surface area contributed by atoms with Gasteiger partial charge in [-0.1, -0.05) is 24.3 Å². The summed E-state index contributed by atoms with van der Waals surface area (Å²) in [6.45, 7) is 0.164. The smallest absolute Gasteiger partial charge is 0.150 e. The van der Waals surface area contributed by atoms with Crippen molar-refractivity contribution >= 4 is 17.1 Å². The first-order valence-corrected chi connectivity index (χ1v) is 4.92. The molecule has 2 aromatic rings. The van der Waals surface area contributed by atoms with Crippen LogP contribution in [0.2, 0.25) is 0 Å². The van der Waals surface area contributed by atoms with Gasteiger partial charge >= 0.3 is 0 Å². The molecule has 0 spiro atoms. The van der Waals surface area contributed by atoms with Crippen LogP contribution in [0, 0.1) is 5.82 Å². The van der Waals surface area contributed by atoms with Crippen molar-refractivity contribution in [2.75, 3.05) is 7.11 Å². The highest BCUT2D eigenvalue weighted by Crippen LogP contribution is 2.24. The molecule has 0 aliphatic rings. The van der Waals surface area contributed by atoms with E-state index in [1.54, 1.807) is 24.3 Å². The standard InChI is InChI=1S/C13H11FO2/c1-16-8-10-6-9(7-15)11-4-2-3-5-12(11)13(10)14/h2-7H,8H2,1H3. The third kappa shape index (κ3) is 1.70. The number of carbonyl (C=O) groups is 1. The summed E-state index contributed by atoms with van der Waals surface area (Å²) in [5.41, 5.74) is 0.896. The van der Waals surface area contributed by atoms with Crippen molar-refractivity contribution in [1.82, 2.24) is 0 Å². The molecule has 0 saturated carbocycles. The number of aldehydes is 1. The largest absolute Gasteiger partial charge is 0.380 e. The van der Waals surface area contributed by atoms with Gasteiger partial charge in [-0.15, -0.1) is 0 Å². The minimum absolute atomic E-state index is 0.164. The van der Waals surface area contributed by atoms with Crippen LogP contribution < -0.4 is 0 Å². The van der Waals surface area contributed by atoms with Crippen molar-refractivity contribution in [2.45, 2.75) is 6.61 Å². The third-order valence-electron chi connectivity index (χ3n) is 2.51. The van der Waals surface area contributed by atoms with E-state index in [0.717, 1.165) is 6.29 Å². The monoisotopic (exact) mass is 218 g/mol. The van der Waals surface area contributed by atoms with Gasteiger partial charge in [0.25, 0.3) is 0 Å². The van der Waals surface area contributed by atoms with Crippen LogP contribution in [0.5, 0.6) is 0 Å². The Kier molecular flexibility index (Phi) is 2.97. The maximum atomic E-state index is 14.0. The van der Waals surface area contributed by atoms with Gasteiger partial charge in [0.15, 0.2) is 6.29 Å². The minimum atomic E-state index is -0.317. The lowest BCUT2D eigenvalue weighted by Gasteiger charge is -2.08. The van der Waals surface area contributed by atoms with Gasteiger partial charge in [-0.05, 0) is 11.5 Å². The molecular formula is C13H11FO2. The van der Waals surface area contributed by atoms with Gasteiger partial charge in [0, 0.05) is 23.6 Å². The molecular weight excluding hydrogens is 207 g/mol. The van der Waals surface area contributed by atoms with Crippen molar-refractivity contribution in [3.8, 4) is 0 Å². The fourth-order valence-electron chi connectivity index (χ4n) is 1.79. The van der Waals surface area contributed by atoms with Crippen molar-refractivity contribution in [1.29, 1.82) is 0 Å². The molecule has 0 amide bonds. The lowest BCUT2D eigenvalue weighted by Crippen LogP contribution is -1.97. The van der Waals surface area contributed by atoms with E-state index in [1.807, 2.05) is 0 Å². The molecule has 2 aromatic carbocycles. The van der Waals surface area contributed by atoms with Crippen molar-refractivity contribution in [3.05, 3.63) is 47.3 Å². The van der Waals surface area contributed by atoms with Crippen LogP contribution in [-0.2, 0) is 11.3 Å². The van der Waals surface area contributed by atoms with E-state index < -0.39 is 0 Å². The Morgan fingerprint density at radius 3 is 2.62 bits per heavy atom. The molecule has 0 radical (unpaired) electrons. The highest BCUT2D eigenvalue weighted by atomic mass is 19.1. The maximum absolute atomic E-state index is 14.0. The first kappa shape index (κ1) is 10.8. The fraction of sp³-hybridized carbons (Fsp3) is 0.154. The molecule has 0 saturated heterocycles. The minimum Gasteiger partial charge on any atom is -0.380 e. The lowest BCUT2D eigenvalue weighted by molar-refractivity contribution is 0.112. The zero-order valence-corrected chi connectivity index (χ0v) is 8.87. The second-order valence-corrected chi connectivity index (χ2v) is 3.54. The lowest BCUT2D eigenvalue weighted by atomic mass is 10.0. The van der Waals surface area contributed by atoms with E-state index in [0.29, 0.717) is 21.9 Å². The summed E-state index contributed by atoms with van der Waals surface area (Å²) in [6.07, 6.45) is 0.737. The average Bonchev–Trinajstić information content (AvgIpc) is 2.33. The molecule has 0 aliphatic heterocycles. The zero-order chi connectivity index (χ0) is 11.5. The molecule has 82 valence electrons. The van der Waals surface area contributed by atoms with Gasteiger partial charge in [0.05, 0.1) is 6.61 Å². The van der Waals surface area contributed by atoms with Gasteiger partial charge in [-0.3, -0.25) is 4.79 Å². The Bertz CT molecular complexity index is 535. The summed E-state index contributed by atoms with van der Waals surface area (Å²) in [7, 11) is 1.50. The summed E-state index contributed by atoms with van der Waals surface area (Å²) < 4.78 is 18.9. The summed E-state index contributed by atoms with van der Waals surface area (Å²) >= 11 is 0. The number of carbonyl (C=O) groups excluding carboxylic acids is 1. The average molecular weight is 218 g/mol. The van der Waals surface area contributed by atoms with Gasteiger partial charge in [0.2, 0.25) is 0 Å². The summed E-state index contributed by atoms with van der Waals surface area (Å²) in [5.74, 6) is -0.317. The van der Waals surface area contributed by atoms with Gasteiger partial charge in [0.1, 0.15) is 5.82 Å². The number of benzene rings is 2. The number of fused-ring (bicyclic) bond motifs is 1. The van der Waals surface area contributed by atoms with E-state index >= 15 is 0 Å². The summed E-state index contributed by atoms with van der Waals surface area (Å²) in [4.78, 5) is 10.9. The molecule has 0 heterocycles. The fourth-order valence-corrected chi connectivity index (χ4v) is 1.79. The van der Waals surface area contributed by atoms with Crippen LogP contribution in [0.4, 0.5) is 4.39 Å². The van der Waals surface area contributed by atoms with E-state index in [-0.39, 0.29) is 12.4 Å². The molecule has 0 atom stereocenters. The second kappa shape index (κ2) is 4.41. The Morgan fingerprint density at radius 2 is 2.00 bits per heavy atom. The highest BCUT2D eigenvalue weighted by Gasteiger charge is 2.10. The van der Waals surface area contributed by atoms with Crippen LogP contribution in [0.1, 0.15) is 15.9 Å². The van der Waals surface area contributed by atoms with Gasteiger partial charge < -0.3 is 4.74 Å². The van der Waals surface area contributed by atoms with Crippen LogP contribution >= 0.6 is 0 Å². The predicted octanol–water partition coefficient (Wildman–Crippen LogP) is 2.94. The zero-order valence-electron chi connectivity index (χ0n) is 8.87. The predicted molar refractivity (Wildman–Crippen MR) is 60.0 cm³/mol. The molecule has 16 heavy (non-hydrogen) atoms. The first-order valence-electron chi connectivity index (χ1n) is 4.92. The number of hydrogen-bond acceptors (Lipinski definition) is 2. The summed E-state index contributed by atoms with van der Waals surface area (Å²) in [6, 6.07) is 8.46. The van der Waals surface area contributed by atoms with Crippen molar-refractivity contribution in [3.63, 3.8) is 0 Å². The Morgan fingerprint density at radius 1 is 1.31 bits per heavy atom. The number of ether oxygens (including phenoxy) is 1. The molecule has 0 N–H and O–H groups in total. The molecule has 0 fully saturated rings. The summed E-state index contributed by atoms with van der Waals surface area (Å²) in [5, 5.41) is 1.09. The van der Waals surface area contributed by atoms with Crippen LogP contribution in [-0.4, -0.2) is 13.4 Å². The molecule has 0 aromatic heterocycles. The highest BCUT2D eigenvalue weighted by molar-refractivity contribution is 5.98. The number of methoxy groups -OCH3 is 1. The maximum Gasteiger partial charge on any atom is 0.150 e. The van der Waals surface area contributed by atoms with Crippen molar-refractivity contribution < 1.29 is 13.9 Å². The topological polar surface area (TPSA) is 26.3 Å². The van der Waals surface area contributed by atoms with Crippen LogP contribution in [0.3, 0.4) is 0 Å². The number of halogens is 1. The van der Waals surface area contributed by atoms with Crippen LogP contribution in [0.15, 0.2) is 30.3 Å². The van der Waals surface area contributed by atoms with Crippen LogP contribution in [0.25, 0.3) is 10.8 Å². The molecule has 0 unspecified atom stereocenters. The third-order valence-corrected chi connectivity index (χ3v) is 2.51. The molecule has 0 aliphatic carbocycles. The molecule has 3 heteroatoms. The molecule has 2 nitrogen and oxygen atoms in total. The molecule has 0 bridgehead atoms. The SMILES string of the molecule is COCc1cc(C=O)c2ccccc2c1F. The second-order valence-electron chi connectivity index (χ2n) is 3.54. The first-order chi connectivity index (χ1) is 7.77. The quantitative estimate of drug-likeness (QED) is 0.740. The van der Waals surface area contributed by atoms with Gasteiger partial charge in [-0.25, -0.2) is 4.39 Å². The Balaban J connectivity index is 2.77. The van der Waals surface area contributed by atoms with Crippen molar-refractivity contribution in [2.24, 2.45) is 0 Å². The number of rotatable bonds is 3. The van der Waals surface area contributed by atoms with E-state index in [2.05, 4.69) is 0 Å². The normalized spacial score (nSPS) is 10.6. The van der Waals surface area contributed by atoms with E-state index in [9.17, 15) is 9.18 Å². The molecule has 2 rings (SSSR count). The Labute approximate surface area is 92.6 Å². The van der Waals surface area contributed by atoms with E-state index in [4.69, 9.17) is 4.74 Å². The number of hydrogen-bond donors (Lipinski definition) is 0. The van der Waals surface area contributed by atoms with E-state index in [1.165, 1.54) is 13.2 Å². The Hall–Kier alpha value is -1.74.